The largest absolute Gasteiger partial charge is 0.496 e. The molecule has 0 saturated heterocycles. The summed E-state index contributed by atoms with van der Waals surface area (Å²) in [5, 5.41) is 4.47. The minimum absolute atomic E-state index is 0.631. The van der Waals surface area contributed by atoms with Crippen molar-refractivity contribution in [2.45, 2.75) is 51.5 Å². The van der Waals surface area contributed by atoms with Crippen LogP contribution in [-0.2, 0) is 6.42 Å². The van der Waals surface area contributed by atoms with E-state index in [1.807, 2.05) is 12.1 Å². The van der Waals surface area contributed by atoms with Crippen LogP contribution in [-0.4, -0.2) is 19.7 Å². The molecule has 0 bridgehead atoms. The molecule has 1 aromatic carbocycles. The van der Waals surface area contributed by atoms with Crippen LogP contribution >= 0.6 is 11.6 Å². The number of benzene rings is 1. The van der Waals surface area contributed by atoms with Crippen LogP contribution in [0, 0.1) is 5.92 Å². The van der Waals surface area contributed by atoms with Crippen molar-refractivity contribution < 1.29 is 4.74 Å². The average molecular weight is 296 g/mol. The van der Waals surface area contributed by atoms with Gasteiger partial charge in [0, 0.05) is 11.1 Å². The van der Waals surface area contributed by atoms with Crippen LogP contribution in [0.5, 0.6) is 5.75 Å². The van der Waals surface area contributed by atoms with E-state index in [0.29, 0.717) is 12.0 Å². The maximum absolute atomic E-state index is 6.15. The van der Waals surface area contributed by atoms with Gasteiger partial charge < -0.3 is 10.1 Å². The lowest BCUT2D eigenvalue weighted by atomic mass is 9.88. The number of hydrogen-bond donors (Lipinski definition) is 1. The van der Waals surface area contributed by atoms with Crippen molar-refractivity contribution in [2.24, 2.45) is 5.92 Å². The van der Waals surface area contributed by atoms with Crippen LogP contribution in [0.15, 0.2) is 18.2 Å². The minimum Gasteiger partial charge on any atom is -0.496 e. The molecule has 20 heavy (non-hydrogen) atoms. The summed E-state index contributed by atoms with van der Waals surface area (Å²) in [5.41, 5.74) is 1.25. The number of hydrogen-bond acceptors (Lipinski definition) is 2. The van der Waals surface area contributed by atoms with Gasteiger partial charge in [0.2, 0.25) is 0 Å². The molecule has 3 heteroatoms. The second-order valence-corrected chi connectivity index (χ2v) is 6.16. The van der Waals surface area contributed by atoms with Gasteiger partial charge in [-0.05, 0) is 55.5 Å². The topological polar surface area (TPSA) is 21.3 Å². The fourth-order valence-corrected chi connectivity index (χ4v) is 3.54. The number of ether oxygens (including phenoxy) is 1. The molecule has 2 atom stereocenters. The zero-order valence-electron chi connectivity index (χ0n) is 12.6. The molecule has 0 aliphatic heterocycles. The Kier molecular flexibility index (Phi) is 6.18. The zero-order valence-corrected chi connectivity index (χ0v) is 13.4. The molecule has 1 N–H and O–H groups in total. The highest BCUT2D eigenvalue weighted by Gasteiger charge is 2.24. The molecule has 1 fully saturated rings. The molecule has 1 aliphatic rings. The van der Waals surface area contributed by atoms with Gasteiger partial charge >= 0.3 is 0 Å². The molecule has 0 heterocycles. The fraction of sp³-hybridized carbons (Fsp3) is 0.647. The van der Waals surface area contributed by atoms with E-state index >= 15 is 0 Å². The Labute approximate surface area is 127 Å². The van der Waals surface area contributed by atoms with Crippen LogP contribution in [0.1, 0.15) is 44.6 Å². The first kappa shape index (κ1) is 15.7. The lowest BCUT2D eigenvalue weighted by Crippen LogP contribution is -2.36. The first-order valence-corrected chi connectivity index (χ1v) is 8.18. The predicted molar refractivity (Wildman–Crippen MR) is 85.7 cm³/mol. The third-order valence-electron chi connectivity index (χ3n) is 4.35. The van der Waals surface area contributed by atoms with E-state index in [4.69, 9.17) is 16.3 Å². The normalized spacial score (nSPS) is 23.4. The monoisotopic (exact) mass is 295 g/mol. The first-order chi connectivity index (χ1) is 9.74. The predicted octanol–water partition coefficient (Wildman–Crippen LogP) is 4.45. The number of halogens is 1. The molecule has 1 saturated carbocycles. The molecule has 0 spiro atoms. The molecular formula is C17H26ClNO. The molecule has 1 aromatic rings. The van der Waals surface area contributed by atoms with Crippen molar-refractivity contribution in [2.75, 3.05) is 13.7 Å². The van der Waals surface area contributed by atoms with Crippen molar-refractivity contribution >= 4 is 11.6 Å². The van der Waals surface area contributed by atoms with Gasteiger partial charge in [-0.25, -0.2) is 0 Å². The molecular weight excluding hydrogens is 270 g/mol. The van der Waals surface area contributed by atoms with Crippen LogP contribution in [0.4, 0.5) is 0 Å². The SMILES string of the molecule is CCNC1CCCCCC1Cc1cc(Cl)ccc1OC. The van der Waals surface area contributed by atoms with Gasteiger partial charge in [0.1, 0.15) is 5.75 Å². The summed E-state index contributed by atoms with van der Waals surface area (Å²) in [4.78, 5) is 0. The molecule has 0 aromatic heterocycles. The van der Waals surface area contributed by atoms with Crippen molar-refractivity contribution in [1.82, 2.24) is 5.32 Å². The van der Waals surface area contributed by atoms with Crippen LogP contribution in [0.2, 0.25) is 5.02 Å². The average Bonchev–Trinajstić information content (AvgIpc) is 2.66. The van der Waals surface area contributed by atoms with Crippen molar-refractivity contribution in [3.63, 3.8) is 0 Å². The van der Waals surface area contributed by atoms with Gasteiger partial charge in [-0.3, -0.25) is 0 Å². The first-order valence-electron chi connectivity index (χ1n) is 7.80. The van der Waals surface area contributed by atoms with Crippen LogP contribution < -0.4 is 10.1 Å². The molecule has 0 radical (unpaired) electrons. The smallest absolute Gasteiger partial charge is 0.122 e. The summed E-state index contributed by atoms with van der Waals surface area (Å²) < 4.78 is 5.49. The Bertz CT molecular complexity index is 421. The van der Waals surface area contributed by atoms with E-state index < -0.39 is 0 Å². The van der Waals surface area contributed by atoms with Gasteiger partial charge in [-0.15, -0.1) is 0 Å². The second-order valence-electron chi connectivity index (χ2n) is 5.72. The molecule has 2 rings (SSSR count). The summed E-state index contributed by atoms with van der Waals surface area (Å²) in [6.45, 7) is 3.25. The Balaban J connectivity index is 2.14. The maximum atomic E-state index is 6.15. The lowest BCUT2D eigenvalue weighted by Gasteiger charge is -2.26. The molecule has 1 aliphatic carbocycles. The summed E-state index contributed by atoms with van der Waals surface area (Å²) in [6, 6.07) is 6.58. The maximum Gasteiger partial charge on any atom is 0.122 e. The van der Waals surface area contributed by atoms with Gasteiger partial charge in [-0.2, -0.15) is 0 Å². The lowest BCUT2D eigenvalue weighted by molar-refractivity contribution is 0.331. The minimum atomic E-state index is 0.631. The van der Waals surface area contributed by atoms with Crippen LogP contribution in [0.3, 0.4) is 0 Å². The highest BCUT2D eigenvalue weighted by molar-refractivity contribution is 6.30. The number of nitrogens with one attached hydrogen (secondary N) is 1. The third kappa shape index (κ3) is 4.13. The molecule has 0 amide bonds. The Morgan fingerprint density at radius 1 is 1.25 bits per heavy atom. The van der Waals surface area contributed by atoms with Gasteiger partial charge in [0.05, 0.1) is 7.11 Å². The molecule has 112 valence electrons. The van der Waals surface area contributed by atoms with E-state index in [-0.39, 0.29) is 0 Å². The summed E-state index contributed by atoms with van der Waals surface area (Å²) >= 11 is 6.15. The Morgan fingerprint density at radius 3 is 2.80 bits per heavy atom. The number of rotatable bonds is 5. The third-order valence-corrected chi connectivity index (χ3v) is 4.59. The van der Waals surface area contributed by atoms with E-state index in [2.05, 4.69) is 18.3 Å². The van der Waals surface area contributed by atoms with Gasteiger partial charge in [-0.1, -0.05) is 37.8 Å². The highest BCUT2D eigenvalue weighted by atomic mass is 35.5. The van der Waals surface area contributed by atoms with Crippen molar-refractivity contribution in [3.8, 4) is 5.75 Å². The van der Waals surface area contributed by atoms with Crippen molar-refractivity contribution in [3.05, 3.63) is 28.8 Å². The van der Waals surface area contributed by atoms with E-state index in [1.54, 1.807) is 7.11 Å². The zero-order chi connectivity index (χ0) is 14.4. The Morgan fingerprint density at radius 2 is 2.05 bits per heavy atom. The quantitative estimate of drug-likeness (QED) is 0.810. The fourth-order valence-electron chi connectivity index (χ4n) is 3.35. The van der Waals surface area contributed by atoms with E-state index in [9.17, 15) is 0 Å². The molecule has 2 unspecified atom stereocenters. The summed E-state index contributed by atoms with van der Waals surface area (Å²) in [6.07, 6.45) is 7.71. The summed E-state index contributed by atoms with van der Waals surface area (Å²) in [7, 11) is 1.74. The van der Waals surface area contributed by atoms with Gasteiger partial charge in [0.15, 0.2) is 0 Å². The molecule has 2 nitrogen and oxygen atoms in total. The van der Waals surface area contributed by atoms with Gasteiger partial charge in [0.25, 0.3) is 0 Å². The number of methoxy groups -OCH3 is 1. The highest BCUT2D eigenvalue weighted by Crippen LogP contribution is 2.31. The Hall–Kier alpha value is -0.730. The van der Waals surface area contributed by atoms with E-state index in [0.717, 1.165) is 23.7 Å². The van der Waals surface area contributed by atoms with Crippen molar-refractivity contribution in [1.29, 1.82) is 0 Å². The van der Waals surface area contributed by atoms with Crippen LogP contribution in [0.25, 0.3) is 0 Å². The second kappa shape index (κ2) is 7.90. The standard InChI is InChI=1S/C17H26ClNO/c1-3-19-16-8-6-4-5-7-13(16)11-14-12-15(18)9-10-17(14)20-2/h9-10,12-13,16,19H,3-8,11H2,1-2H3. The summed E-state index contributed by atoms with van der Waals surface area (Å²) in [5.74, 6) is 1.65. The van der Waals surface area contributed by atoms with E-state index in [1.165, 1.54) is 37.7 Å².